The molecule has 0 radical (unpaired) electrons. The number of carbonyl (C=O) groups is 2. The van der Waals surface area contributed by atoms with E-state index < -0.39 is 5.76 Å². The number of hydrogen-bond acceptors (Lipinski definition) is 5. The van der Waals surface area contributed by atoms with Crippen LogP contribution in [0.15, 0.2) is 63.1 Å². The number of anilines is 1. The Hall–Kier alpha value is -3.65. The quantitative estimate of drug-likeness (QED) is 0.516. The van der Waals surface area contributed by atoms with Gasteiger partial charge in [0.05, 0.1) is 5.52 Å². The predicted molar refractivity (Wildman–Crippen MR) is 123 cm³/mol. The van der Waals surface area contributed by atoms with Crippen LogP contribution in [0.5, 0.6) is 0 Å². The summed E-state index contributed by atoms with van der Waals surface area (Å²) >= 11 is 1.73. The fourth-order valence-electron chi connectivity index (χ4n) is 4.09. The molecular weight excluding hydrogens is 426 g/mol. The van der Waals surface area contributed by atoms with Crippen LogP contribution in [0, 0.1) is 6.92 Å². The summed E-state index contributed by atoms with van der Waals surface area (Å²) in [6.07, 6.45) is 0.863. The standard InChI is InChI=1S/C24H21N3O4S/c1-15-17(23(29)26-11-9-21-16(13-26)10-12-32-21)5-4-6-18(15)25-22(28)14-27-19-7-2-3-8-20(19)31-24(27)30/h2-8,10,12H,9,11,13-14H2,1H3,(H,25,28). The first-order valence-electron chi connectivity index (χ1n) is 10.3. The molecule has 0 spiro atoms. The van der Waals surface area contributed by atoms with Crippen LogP contribution in [0.1, 0.15) is 26.4 Å². The Bertz CT molecular complexity index is 1400. The van der Waals surface area contributed by atoms with Gasteiger partial charge in [-0.3, -0.25) is 14.2 Å². The van der Waals surface area contributed by atoms with Crippen LogP contribution in [0.4, 0.5) is 5.69 Å². The topological polar surface area (TPSA) is 84.5 Å². The summed E-state index contributed by atoms with van der Waals surface area (Å²) < 4.78 is 6.48. The molecule has 32 heavy (non-hydrogen) atoms. The van der Waals surface area contributed by atoms with Gasteiger partial charge in [-0.05, 0) is 60.2 Å². The Balaban J connectivity index is 1.34. The summed E-state index contributed by atoms with van der Waals surface area (Å²) in [5, 5.41) is 4.90. The third-order valence-electron chi connectivity index (χ3n) is 5.81. The van der Waals surface area contributed by atoms with Gasteiger partial charge in [-0.25, -0.2) is 4.79 Å². The normalized spacial score (nSPS) is 13.2. The number of nitrogens with zero attached hydrogens (tertiary/aromatic N) is 2. The number of carbonyl (C=O) groups excluding carboxylic acids is 2. The molecule has 4 aromatic rings. The first kappa shape index (κ1) is 20.3. The van der Waals surface area contributed by atoms with Gasteiger partial charge >= 0.3 is 5.76 Å². The van der Waals surface area contributed by atoms with Crippen molar-refractivity contribution in [2.45, 2.75) is 26.4 Å². The van der Waals surface area contributed by atoms with Gasteiger partial charge in [0.1, 0.15) is 6.54 Å². The molecule has 2 aromatic carbocycles. The maximum atomic E-state index is 13.2. The number of para-hydroxylation sites is 2. The number of nitrogens with one attached hydrogen (secondary N) is 1. The molecule has 8 heteroatoms. The summed E-state index contributed by atoms with van der Waals surface area (Å²) in [6.45, 7) is 2.92. The molecule has 2 aromatic heterocycles. The molecule has 7 nitrogen and oxygen atoms in total. The molecule has 0 fully saturated rings. The van der Waals surface area contributed by atoms with Crippen LogP contribution < -0.4 is 11.1 Å². The number of oxazole rings is 1. The third-order valence-corrected chi connectivity index (χ3v) is 6.83. The molecule has 2 amide bonds. The Morgan fingerprint density at radius 1 is 1.12 bits per heavy atom. The smallest absolute Gasteiger partial charge is 0.408 e. The number of hydrogen-bond donors (Lipinski definition) is 1. The minimum Gasteiger partial charge on any atom is -0.408 e. The molecule has 0 saturated carbocycles. The van der Waals surface area contributed by atoms with Crippen LogP contribution in [0.2, 0.25) is 0 Å². The second-order valence-electron chi connectivity index (χ2n) is 7.79. The minimum absolute atomic E-state index is 0.0486. The van der Waals surface area contributed by atoms with E-state index in [0.717, 1.165) is 6.42 Å². The van der Waals surface area contributed by atoms with Crippen molar-refractivity contribution in [1.29, 1.82) is 0 Å². The van der Waals surface area contributed by atoms with Gasteiger partial charge in [0.15, 0.2) is 5.58 Å². The SMILES string of the molecule is Cc1c(NC(=O)Cn2c(=O)oc3ccccc32)cccc1C(=O)N1CCc2sccc2C1. The first-order valence-corrected chi connectivity index (χ1v) is 11.2. The molecule has 0 bridgehead atoms. The molecule has 0 unspecified atom stereocenters. The van der Waals surface area contributed by atoms with E-state index in [1.54, 1.807) is 53.8 Å². The summed E-state index contributed by atoms with van der Waals surface area (Å²) in [6, 6.07) is 14.3. The Labute approximate surface area is 187 Å². The fraction of sp³-hybridized carbons (Fsp3) is 0.208. The number of thiophene rings is 1. The second kappa shape index (κ2) is 8.12. The molecule has 162 valence electrons. The molecule has 0 atom stereocenters. The van der Waals surface area contributed by atoms with Crippen molar-refractivity contribution < 1.29 is 14.0 Å². The Morgan fingerprint density at radius 2 is 1.97 bits per heavy atom. The van der Waals surface area contributed by atoms with Crippen LogP contribution >= 0.6 is 11.3 Å². The maximum absolute atomic E-state index is 13.2. The van der Waals surface area contributed by atoms with Gasteiger partial charge in [-0.1, -0.05) is 18.2 Å². The third kappa shape index (κ3) is 3.62. The lowest BCUT2D eigenvalue weighted by molar-refractivity contribution is -0.116. The average molecular weight is 448 g/mol. The lowest BCUT2D eigenvalue weighted by Gasteiger charge is -2.28. The number of aromatic nitrogens is 1. The van der Waals surface area contributed by atoms with Crippen LogP contribution in [0.25, 0.3) is 11.1 Å². The van der Waals surface area contributed by atoms with Crippen molar-refractivity contribution in [2.75, 3.05) is 11.9 Å². The van der Waals surface area contributed by atoms with Gasteiger partial charge in [-0.2, -0.15) is 0 Å². The van der Waals surface area contributed by atoms with Crippen molar-refractivity contribution in [3.05, 3.63) is 86.0 Å². The molecule has 5 rings (SSSR count). The molecule has 0 saturated heterocycles. The van der Waals surface area contributed by atoms with Crippen molar-refractivity contribution >= 4 is 39.9 Å². The number of rotatable bonds is 4. The van der Waals surface area contributed by atoms with Gasteiger partial charge in [-0.15, -0.1) is 11.3 Å². The van der Waals surface area contributed by atoms with Gasteiger partial charge in [0.2, 0.25) is 5.91 Å². The fourth-order valence-corrected chi connectivity index (χ4v) is 4.98. The second-order valence-corrected chi connectivity index (χ2v) is 8.79. The number of fused-ring (bicyclic) bond motifs is 2. The molecule has 1 N–H and O–H groups in total. The molecule has 1 aliphatic heterocycles. The molecule has 1 aliphatic rings. The lowest BCUT2D eigenvalue weighted by atomic mass is 10.0. The molecule has 0 aliphatic carbocycles. The lowest BCUT2D eigenvalue weighted by Crippen LogP contribution is -2.35. The highest BCUT2D eigenvalue weighted by Crippen LogP contribution is 2.27. The Kier molecular flexibility index (Phi) is 5.14. The Morgan fingerprint density at radius 3 is 2.84 bits per heavy atom. The van der Waals surface area contributed by atoms with Crippen molar-refractivity contribution in [3.8, 4) is 0 Å². The monoisotopic (exact) mass is 447 g/mol. The summed E-state index contributed by atoms with van der Waals surface area (Å²) in [4.78, 5) is 41.2. The van der Waals surface area contributed by atoms with Crippen molar-refractivity contribution in [1.82, 2.24) is 9.47 Å². The van der Waals surface area contributed by atoms with E-state index >= 15 is 0 Å². The maximum Gasteiger partial charge on any atom is 0.420 e. The minimum atomic E-state index is -0.583. The summed E-state index contributed by atoms with van der Waals surface area (Å²) in [7, 11) is 0. The number of benzene rings is 2. The van der Waals surface area contributed by atoms with Crippen molar-refractivity contribution in [2.24, 2.45) is 0 Å². The zero-order valence-electron chi connectivity index (χ0n) is 17.5. The molecule has 3 heterocycles. The van der Waals surface area contributed by atoms with Crippen LogP contribution in [-0.2, 0) is 24.3 Å². The average Bonchev–Trinajstić information content (AvgIpc) is 3.38. The van der Waals surface area contributed by atoms with Gasteiger partial charge < -0.3 is 14.6 Å². The first-order chi connectivity index (χ1) is 15.5. The van der Waals surface area contributed by atoms with Gasteiger partial charge in [0, 0.05) is 29.2 Å². The molecular formula is C24H21N3O4S. The number of amides is 2. The van der Waals surface area contributed by atoms with E-state index in [2.05, 4.69) is 16.8 Å². The van der Waals surface area contributed by atoms with E-state index in [1.165, 1.54) is 15.0 Å². The van der Waals surface area contributed by atoms with E-state index in [-0.39, 0.29) is 18.4 Å². The van der Waals surface area contributed by atoms with Crippen LogP contribution in [-0.4, -0.2) is 27.8 Å². The zero-order chi connectivity index (χ0) is 22.2. The highest BCUT2D eigenvalue weighted by Gasteiger charge is 2.24. The highest BCUT2D eigenvalue weighted by atomic mass is 32.1. The summed E-state index contributed by atoms with van der Waals surface area (Å²) in [5.41, 5.74) is 4.01. The van der Waals surface area contributed by atoms with Crippen LogP contribution in [0.3, 0.4) is 0 Å². The highest BCUT2D eigenvalue weighted by molar-refractivity contribution is 7.10. The van der Waals surface area contributed by atoms with E-state index in [0.29, 0.717) is 41.0 Å². The largest absolute Gasteiger partial charge is 0.420 e. The van der Waals surface area contributed by atoms with E-state index in [1.807, 2.05) is 11.8 Å². The predicted octanol–water partition coefficient (Wildman–Crippen LogP) is 3.80. The zero-order valence-corrected chi connectivity index (χ0v) is 18.3. The van der Waals surface area contributed by atoms with E-state index in [4.69, 9.17) is 4.42 Å². The van der Waals surface area contributed by atoms with Gasteiger partial charge in [0.25, 0.3) is 5.91 Å². The van der Waals surface area contributed by atoms with E-state index in [9.17, 15) is 14.4 Å². The van der Waals surface area contributed by atoms with Crippen molar-refractivity contribution in [3.63, 3.8) is 0 Å². The summed E-state index contributed by atoms with van der Waals surface area (Å²) in [5.74, 6) is -1.00.